The van der Waals surface area contributed by atoms with Gasteiger partial charge in [0.1, 0.15) is 5.82 Å². The van der Waals surface area contributed by atoms with Gasteiger partial charge < -0.3 is 11.1 Å². The number of hydrogen-bond acceptors (Lipinski definition) is 3. The fourth-order valence-electron chi connectivity index (χ4n) is 2.31. The minimum absolute atomic E-state index is 0.371. The van der Waals surface area contributed by atoms with Crippen molar-refractivity contribution in [3.05, 3.63) is 5.69 Å². The van der Waals surface area contributed by atoms with Gasteiger partial charge in [0, 0.05) is 13.6 Å². The van der Waals surface area contributed by atoms with Gasteiger partial charge in [-0.05, 0) is 12.3 Å². The van der Waals surface area contributed by atoms with Crippen LogP contribution >= 0.6 is 0 Å². The summed E-state index contributed by atoms with van der Waals surface area (Å²) < 4.78 is 1.86. The lowest BCUT2D eigenvalue weighted by Gasteiger charge is -2.08. The first kappa shape index (κ1) is 15.9. The molecule has 0 unspecified atom stereocenters. The topological polar surface area (TPSA) is 55.9 Å². The quantitative estimate of drug-likeness (QED) is 0.666. The molecule has 0 radical (unpaired) electrons. The Kier molecular flexibility index (Phi) is 6.74. The van der Waals surface area contributed by atoms with Gasteiger partial charge in [-0.15, -0.1) is 0 Å². The number of unbranched alkanes of at least 4 members (excludes halogenated alkanes) is 5. The molecule has 0 aliphatic rings. The number of anilines is 2. The minimum Gasteiger partial charge on any atom is -0.394 e. The molecule has 1 heterocycles. The molecule has 1 aromatic heterocycles. The molecule has 4 nitrogen and oxygen atoms in total. The Morgan fingerprint density at radius 2 is 1.79 bits per heavy atom. The molecule has 0 saturated heterocycles. The Labute approximate surface area is 117 Å². The lowest BCUT2D eigenvalue weighted by molar-refractivity contribution is 0.615. The van der Waals surface area contributed by atoms with Crippen LogP contribution in [0.2, 0.25) is 0 Å². The Bertz CT molecular complexity index is 368. The lowest BCUT2D eigenvalue weighted by atomic mass is 10.1. The third kappa shape index (κ3) is 4.77. The Hall–Kier alpha value is -1.19. The highest BCUT2D eigenvalue weighted by Crippen LogP contribution is 2.27. The fraction of sp³-hybridized carbons (Fsp3) is 0.800. The van der Waals surface area contributed by atoms with Crippen molar-refractivity contribution in [2.45, 2.75) is 65.2 Å². The molecular weight excluding hydrogens is 236 g/mol. The second kappa shape index (κ2) is 8.08. The van der Waals surface area contributed by atoms with Crippen LogP contribution in [0.25, 0.3) is 0 Å². The summed E-state index contributed by atoms with van der Waals surface area (Å²) in [5.74, 6) is 1.34. The second-order valence-corrected chi connectivity index (χ2v) is 5.62. The van der Waals surface area contributed by atoms with E-state index < -0.39 is 0 Å². The summed E-state index contributed by atoms with van der Waals surface area (Å²) >= 11 is 0. The summed E-state index contributed by atoms with van der Waals surface area (Å²) in [5.41, 5.74) is 7.94. The van der Waals surface area contributed by atoms with Crippen molar-refractivity contribution < 1.29 is 0 Å². The van der Waals surface area contributed by atoms with Gasteiger partial charge >= 0.3 is 0 Å². The summed E-state index contributed by atoms with van der Waals surface area (Å²) in [6.45, 7) is 7.47. The van der Waals surface area contributed by atoms with Gasteiger partial charge in [0.2, 0.25) is 0 Å². The van der Waals surface area contributed by atoms with E-state index in [-0.39, 0.29) is 0 Å². The van der Waals surface area contributed by atoms with Gasteiger partial charge in [-0.25, -0.2) is 0 Å². The first-order chi connectivity index (χ1) is 9.07. The molecule has 0 bridgehead atoms. The van der Waals surface area contributed by atoms with Crippen LogP contribution in [-0.4, -0.2) is 16.3 Å². The molecule has 0 aliphatic carbocycles. The molecule has 0 amide bonds. The van der Waals surface area contributed by atoms with Gasteiger partial charge in [0.05, 0.1) is 11.4 Å². The van der Waals surface area contributed by atoms with Gasteiger partial charge in [0.15, 0.2) is 0 Å². The number of rotatable bonds is 9. The van der Waals surface area contributed by atoms with Crippen LogP contribution in [0.15, 0.2) is 0 Å². The molecule has 0 atom stereocenters. The van der Waals surface area contributed by atoms with Gasteiger partial charge in [-0.1, -0.05) is 52.9 Å². The predicted molar refractivity (Wildman–Crippen MR) is 83.6 cm³/mol. The SMILES string of the molecule is CCCCCCCCNc1c(N)c(C(C)C)nn1C. The highest BCUT2D eigenvalue weighted by atomic mass is 15.3. The standard InChI is InChI=1S/C15H30N4/c1-5-6-7-8-9-10-11-17-15-13(16)14(12(2)3)18-19(15)4/h12,17H,5-11,16H2,1-4H3. The summed E-state index contributed by atoms with van der Waals surface area (Å²) in [6.07, 6.45) is 7.87. The Morgan fingerprint density at radius 3 is 2.37 bits per heavy atom. The molecular formula is C15H30N4. The van der Waals surface area contributed by atoms with Gasteiger partial charge in [0.25, 0.3) is 0 Å². The predicted octanol–water partition coefficient (Wildman–Crippen LogP) is 3.90. The monoisotopic (exact) mass is 266 g/mol. The van der Waals surface area contributed by atoms with E-state index in [0.29, 0.717) is 5.92 Å². The van der Waals surface area contributed by atoms with Crippen LogP contribution in [0.3, 0.4) is 0 Å². The summed E-state index contributed by atoms with van der Waals surface area (Å²) in [5, 5.41) is 7.90. The number of aryl methyl sites for hydroxylation is 1. The van der Waals surface area contributed by atoms with Crippen molar-refractivity contribution in [2.24, 2.45) is 7.05 Å². The zero-order valence-corrected chi connectivity index (χ0v) is 13.0. The number of nitrogen functional groups attached to an aromatic ring is 1. The first-order valence-corrected chi connectivity index (χ1v) is 7.64. The van der Waals surface area contributed by atoms with Crippen LogP contribution < -0.4 is 11.1 Å². The zero-order valence-electron chi connectivity index (χ0n) is 13.0. The van der Waals surface area contributed by atoms with E-state index >= 15 is 0 Å². The average molecular weight is 266 g/mol. The molecule has 1 aromatic rings. The van der Waals surface area contributed by atoms with Crippen LogP contribution in [-0.2, 0) is 7.05 Å². The molecule has 1 rings (SSSR count). The first-order valence-electron chi connectivity index (χ1n) is 7.64. The third-order valence-electron chi connectivity index (χ3n) is 3.48. The van der Waals surface area contributed by atoms with Crippen LogP contribution in [0.4, 0.5) is 11.5 Å². The Balaban J connectivity index is 2.33. The normalized spacial score (nSPS) is 11.2. The molecule has 0 aliphatic heterocycles. The summed E-state index contributed by atoms with van der Waals surface area (Å²) in [6, 6.07) is 0. The maximum absolute atomic E-state index is 6.14. The largest absolute Gasteiger partial charge is 0.394 e. The van der Waals surface area contributed by atoms with Crippen LogP contribution in [0.1, 0.15) is 70.9 Å². The molecule has 0 spiro atoms. The number of aromatic nitrogens is 2. The number of nitrogens with one attached hydrogen (secondary N) is 1. The fourth-order valence-corrected chi connectivity index (χ4v) is 2.31. The van der Waals surface area contributed by atoms with Crippen LogP contribution in [0, 0.1) is 0 Å². The third-order valence-corrected chi connectivity index (χ3v) is 3.48. The van der Waals surface area contributed by atoms with E-state index in [4.69, 9.17) is 5.73 Å². The summed E-state index contributed by atoms with van der Waals surface area (Å²) in [7, 11) is 1.95. The van der Waals surface area contributed by atoms with E-state index in [1.165, 1.54) is 38.5 Å². The summed E-state index contributed by atoms with van der Waals surface area (Å²) in [4.78, 5) is 0. The average Bonchev–Trinajstić information content (AvgIpc) is 2.65. The Morgan fingerprint density at radius 1 is 1.16 bits per heavy atom. The maximum Gasteiger partial charge on any atom is 0.147 e. The van der Waals surface area contributed by atoms with Crippen molar-refractivity contribution in [1.29, 1.82) is 0 Å². The van der Waals surface area contributed by atoms with E-state index in [1.54, 1.807) is 0 Å². The smallest absolute Gasteiger partial charge is 0.147 e. The van der Waals surface area contributed by atoms with E-state index in [9.17, 15) is 0 Å². The van der Waals surface area contributed by atoms with Crippen molar-refractivity contribution >= 4 is 11.5 Å². The zero-order chi connectivity index (χ0) is 14.3. The van der Waals surface area contributed by atoms with E-state index in [1.807, 2.05) is 11.7 Å². The molecule has 110 valence electrons. The van der Waals surface area contributed by atoms with Gasteiger partial charge in [-0.2, -0.15) is 5.10 Å². The second-order valence-electron chi connectivity index (χ2n) is 5.62. The number of nitrogens with zero attached hydrogens (tertiary/aromatic N) is 2. The maximum atomic E-state index is 6.14. The van der Waals surface area contributed by atoms with Crippen LogP contribution in [0.5, 0.6) is 0 Å². The highest BCUT2D eigenvalue weighted by molar-refractivity contribution is 5.65. The van der Waals surface area contributed by atoms with E-state index in [2.05, 4.69) is 31.2 Å². The van der Waals surface area contributed by atoms with Crippen molar-refractivity contribution in [2.75, 3.05) is 17.6 Å². The molecule has 0 fully saturated rings. The van der Waals surface area contributed by atoms with Crippen molar-refractivity contribution in [3.63, 3.8) is 0 Å². The van der Waals surface area contributed by atoms with Crippen molar-refractivity contribution in [3.8, 4) is 0 Å². The molecule has 0 saturated carbocycles. The minimum atomic E-state index is 0.371. The highest BCUT2D eigenvalue weighted by Gasteiger charge is 2.15. The van der Waals surface area contributed by atoms with Crippen molar-refractivity contribution in [1.82, 2.24) is 9.78 Å². The molecule has 4 heteroatoms. The number of nitrogens with two attached hydrogens (primary N) is 1. The lowest BCUT2D eigenvalue weighted by Crippen LogP contribution is -2.07. The van der Waals surface area contributed by atoms with E-state index in [0.717, 1.165) is 23.7 Å². The number of hydrogen-bond donors (Lipinski definition) is 2. The molecule has 0 aromatic carbocycles. The van der Waals surface area contributed by atoms with Gasteiger partial charge in [-0.3, -0.25) is 4.68 Å². The molecule has 3 N–H and O–H groups in total. The molecule has 19 heavy (non-hydrogen) atoms.